The second kappa shape index (κ2) is 11.2. The lowest BCUT2D eigenvalue weighted by Crippen LogP contribution is -2.43. The van der Waals surface area contributed by atoms with Crippen molar-refractivity contribution in [2.45, 2.75) is 25.6 Å². The second-order valence-electron chi connectivity index (χ2n) is 9.06. The number of hydrogen-bond acceptors (Lipinski definition) is 8. The molecule has 1 amide bonds. The van der Waals surface area contributed by atoms with Crippen LogP contribution in [-0.2, 0) is 22.3 Å². The number of halogens is 4. The van der Waals surface area contributed by atoms with Crippen molar-refractivity contribution in [2.24, 2.45) is 5.41 Å². The van der Waals surface area contributed by atoms with Crippen LogP contribution in [0.25, 0.3) is 0 Å². The number of rotatable bonds is 9. The molecular weight excluding hydrogens is 522 g/mol. The largest absolute Gasteiger partial charge is 0.497 e. The van der Waals surface area contributed by atoms with Crippen molar-refractivity contribution in [3.8, 4) is 5.75 Å². The average Bonchev–Trinajstić information content (AvgIpc) is 3.37. The number of carbonyl (C=O) groups excluding carboxylic acids is 2. The number of methoxy groups -OCH3 is 1. The first kappa shape index (κ1) is 27.8. The number of hydrogen-bond donors (Lipinski definition) is 3. The van der Waals surface area contributed by atoms with Gasteiger partial charge in [-0.15, -0.1) is 0 Å². The van der Waals surface area contributed by atoms with Crippen molar-refractivity contribution in [1.29, 1.82) is 0 Å². The third-order valence-electron chi connectivity index (χ3n) is 6.31. The normalized spacial score (nSPS) is 17.1. The molecule has 4 N–H and O–H groups in total. The molecule has 1 aromatic carbocycles. The highest BCUT2D eigenvalue weighted by molar-refractivity contribution is 6.00. The molecule has 39 heavy (non-hydrogen) atoms. The lowest BCUT2D eigenvalue weighted by molar-refractivity contribution is -0.137. The van der Waals surface area contributed by atoms with Gasteiger partial charge in [0.05, 0.1) is 60.2 Å². The Balaban J connectivity index is 1.45. The summed E-state index contributed by atoms with van der Waals surface area (Å²) in [5.41, 5.74) is 3.63. The van der Waals surface area contributed by atoms with E-state index in [1.165, 1.54) is 31.6 Å². The minimum atomic E-state index is -4.68. The van der Waals surface area contributed by atoms with Crippen LogP contribution >= 0.6 is 0 Å². The number of alkyl halides is 3. The number of nitrogens with zero attached hydrogens (tertiary/aromatic N) is 2. The van der Waals surface area contributed by atoms with Crippen molar-refractivity contribution in [1.82, 2.24) is 15.3 Å². The van der Waals surface area contributed by atoms with Crippen LogP contribution in [0.3, 0.4) is 0 Å². The summed E-state index contributed by atoms with van der Waals surface area (Å²) in [6, 6.07) is 5.77. The van der Waals surface area contributed by atoms with Gasteiger partial charge in [-0.1, -0.05) is 0 Å². The Hall–Kier alpha value is -4.26. The first-order valence-electron chi connectivity index (χ1n) is 11.8. The standard InChI is InChI=1S/C26H25F4N5O4/c1-38-18-2-3-21(19(8-18)26(28,29)30)35-17-7-20(27)22(33-12-17)13-34-24(37)25(4-5-39-14-25)9-23(36)15-6-16(31)11-32-10-15/h2-3,6-8,10-12,35H,4-5,9,13-14,31H2,1H3,(H,34,37)/t25-/m0/s1. The Kier molecular flexibility index (Phi) is 8.00. The van der Waals surface area contributed by atoms with E-state index >= 15 is 0 Å². The van der Waals surface area contributed by atoms with Gasteiger partial charge < -0.3 is 25.8 Å². The van der Waals surface area contributed by atoms with Gasteiger partial charge in [0.15, 0.2) is 5.78 Å². The molecular formula is C26H25F4N5O4. The maximum absolute atomic E-state index is 14.8. The lowest BCUT2D eigenvalue weighted by Gasteiger charge is -2.25. The van der Waals surface area contributed by atoms with E-state index in [2.05, 4.69) is 20.6 Å². The van der Waals surface area contributed by atoms with Gasteiger partial charge in [0.1, 0.15) is 11.6 Å². The third-order valence-corrected chi connectivity index (χ3v) is 6.31. The number of Topliss-reactive ketones (excluding diaryl/α,β-unsaturated/α-hetero) is 1. The number of carbonyl (C=O) groups is 2. The zero-order chi connectivity index (χ0) is 28.2. The van der Waals surface area contributed by atoms with Crippen molar-refractivity contribution >= 4 is 28.8 Å². The van der Waals surface area contributed by atoms with E-state index in [1.54, 1.807) is 0 Å². The molecule has 1 saturated heterocycles. The number of ether oxygens (including phenoxy) is 2. The van der Waals surface area contributed by atoms with Crippen LogP contribution in [0, 0.1) is 11.2 Å². The van der Waals surface area contributed by atoms with Gasteiger partial charge in [-0.3, -0.25) is 19.6 Å². The molecule has 3 heterocycles. The highest BCUT2D eigenvalue weighted by atomic mass is 19.4. The maximum Gasteiger partial charge on any atom is 0.418 e. The van der Waals surface area contributed by atoms with Crippen LogP contribution < -0.4 is 21.1 Å². The number of anilines is 3. The summed E-state index contributed by atoms with van der Waals surface area (Å²) in [5.74, 6) is -1.69. The Bertz CT molecular complexity index is 1380. The number of nitrogens with two attached hydrogens (primary N) is 1. The number of benzene rings is 1. The van der Waals surface area contributed by atoms with Gasteiger partial charge in [-0.2, -0.15) is 13.2 Å². The quantitative estimate of drug-likeness (QED) is 0.268. The molecule has 1 aliphatic rings. The molecule has 1 fully saturated rings. The minimum absolute atomic E-state index is 0.00247. The van der Waals surface area contributed by atoms with E-state index < -0.39 is 28.9 Å². The van der Waals surface area contributed by atoms with Crippen molar-refractivity contribution < 1.29 is 36.6 Å². The van der Waals surface area contributed by atoms with E-state index in [4.69, 9.17) is 15.2 Å². The van der Waals surface area contributed by atoms with Gasteiger partial charge >= 0.3 is 6.18 Å². The topological polar surface area (TPSA) is 128 Å². The summed E-state index contributed by atoms with van der Waals surface area (Å²) in [7, 11) is 1.25. The van der Waals surface area contributed by atoms with Crippen LogP contribution in [0.2, 0.25) is 0 Å². The van der Waals surface area contributed by atoms with E-state index in [9.17, 15) is 27.2 Å². The van der Waals surface area contributed by atoms with Crippen molar-refractivity contribution in [2.75, 3.05) is 31.4 Å². The minimum Gasteiger partial charge on any atom is -0.497 e. The van der Waals surface area contributed by atoms with Crippen LogP contribution in [0.5, 0.6) is 5.75 Å². The van der Waals surface area contributed by atoms with Gasteiger partial charge in [0.2, 0.25) is 5.91 Å². The molecule has 0 spiro atoms. The number of ketones is 1. The Morgan fingerprint density at radius 3 is 2.62 bits per heavy atom. The zero-order valence-corrected chi connectivity index (χ0v) is 20.8. The maximum atomic E-state index is 14.8. The first-order valence-corrected chi connectivity index (χ1v) is 11.8. The molecule has 13 heteroatoms. The molecule has 1 aliphatic heterocycles. The van der Waals surface area contributed by atoms with Crippen LogP contribution in [0.1, 0.15) is 34.5 Å². The molecule has 4 rings (SSSR count). The fraction of sp³-hybridized carbons (Fsp3) is 0.308. The van der Waals surface area contributed by atoms with Crippen LogP contribution in [0.4, 0.5) is 34.6 Å². The number of pyridine rings is 2. The molecule has 9 nitrogen and oxygen atoms in total. The Labute approximate surface area is 220 Å². The number of amides is 1. The Morgan fingerprint density at radius 1 is 1.18 bits per heavy atom. The molecule has 206 valence electrons. The van der Waals surface area contributed by atoms with Gasteiger partial charge in [0, 0.05) is 37.1 Å². The molecule has 2 aromatic heterocycles. The summed E-state index contributed by atoms with van der Waals surface area (Å²) in [4.78, 5) is 33.8. The van der Waals surface area contributed by atoms with Crippen LogP contribution in [0.15, 0.2) is 48.9 Å². The fourth-order valence-electron chi connectivity index (χ4n) is 4.19. The molecule has 0 bridgehead atoms. The summed E-state index contributed by atoms with van der Waals surface area (Å²) in [6.07, 6.45) is -0.655. The summed E-state index contributed by atoms with van der Waals surface area (Å²) < 4.78 is 65.5. The highest BCUT2D eigenvalue weighted by Gasteiger charge is 2.44. The number of aromatic nitrogens is 2. The van der Waals surface area contributed by atoms with Gasteiger partial charge in [-0.25, -0.2) is 4.39 Å². The zero-order valence-electron chi connectivity index (χ0n) is 20.8. The fourth-order valence-corrected chi connectivity index (χ4v) is 4.19. The van der Waals surface area contributed by atoms with Gasteiger partial charge in [-0.05, 0) is 30.7 Å². The second-order valence-corrected chi connectivity index (χ2v) is 9.06. The van der Waals surface area contributed by atoms with Gasteiger partial charge in [0.25, 0.3) is 0 Å². The summed E-state index contributed by atoms with van der Waals surface area (Å²) in [5, 5.41) is 5.13. The average molecular weight is 548 g/mol. The predicted molar refractivity (Wildman–Crippen MR) is 133 cm³/mol. The molecule has 1 atom stereocenters. The Morgan fingerprint density at radius 2 is 1.97 bits per heavy atom. The molecule has 0 unspecified atom stereocenters. The highest BCUT2D eigenvalue weighted by Crippen LogP contribution is 2.38. The van der Waals surface area contributed by atoms with E-state index in [0.717, 1.165) is 24.4 Å². The predicted octanol–water partition coefficient (Wildman–Crippen LogP) is 4.26. The van der Waals surface area contributed by atoms with Crippen molar-refractivity contribution in [3.63, 3.8) is 0 Å². The monoisotopic (exact) mass is 547 g/mol. The number of nitrogen functional groups attached to an aromatic ring is 1. The third kappa shape index (κ3) is 6.42. The molecule has 0 saturated carbocycles. The van der Waals surface area contributed by atoms with E-state index in [-0.39, 0.29) is 66.8 Å². The molecule has 3 aromatic rings. The smallest absolute Gasteiger partial charge is 0.418 e. The lowest BCUT2D eigenvalue weighted by atomic mass is 9.80. The summed E-state index contributed by atoms with van der Waals surface area (Å²) >= 11 is 0. The first-order chi connectivity index (χ1) is 18.5. The van der Waals surface area contributed by atoms with Crippen LogP contribution in [-0.4, -0.2) is 42.0 Å². The number of nitrogens with one attached hydrogen (secondary N) is 2. The van der Waals surface area contributed by atoms with E-state index in [1.807, 2.05) is 0 Å². The summed E-state index contributed by atoms with van der Waals surface area (Å²) in [6.45, 7) is -0.0340. The molecule has 0 radical (unpaired) electrons. The molecule has 0 aliphatic carbocycles. The van der Waals surface area contributed by atoms with Crippen molar-refractivity contribution in [3.05, 3.63) is 71.6 Å². The SMILES string of the molecule is COc1ccc(Nc2cnc(CNC(=O)[C@]3(CC(=O)c4cncc(N)c4)CCOC3)c(F)c2)c(C(F)(F)F)c1. The van der Waals surface area contributed by atoms with E-state index in [0.29, 0.717) is 5.69 Å².